The first-order valence-corrected chi connectivity index (χ1v) is 11.1. The summed E-state index contributed by atoms with van der Waals surface area (Å²) < 4.78 is 23.7. The Morgan fingerprint density at radius 3 is 2.32 bits per heavy atom. The normalized spacial score (nSPS) is 19.2. The second-order valence-corrected chi connectivity index (χ2v) is 10.6. The van der Waals surface area contributed by atoms with Gasteiger partial charge < -0.3 is 10.2 Å². The first kappa shape index (κ1) is 24.9. The fourth-order valence-corrected chi connectivity index (χ4v) is 4.27. The average Bonchev–Trinajstić information content (AvgIpc) is 2.96. The average molecular weight is 487 g/mol. The molecular formula is C18H38IN3O2S. The van der Waals surface area contributed by atoms with Crippen LogP contribution in [0, 0.1) is 11.8 Å². The van der Waals surface area contributed by atoms with Crippen molar-refractivity contribution in [1.29, 1.82) is 0 Å². The number of halogens is 1. The van der Waals surface area contributed by atoms with Gasteiger partial charge in [-0.2, -0.15) is 0 Å². The van der Waals surface area contributed by atoms with Crippen LogP contribution in [0.2, 0.25) is 0 Å². The first-order valence-electron chi connectivity index (χ1n) is 9.41. The molecule has 0 bridgehead atoms. The topological polar surface area (TPSA) is 61.8 Å². The molecule has 0 amide bonds. The Labute approximate surface area is 172 Å². The zero-order valence-electron chi connectivity index (χ0n) is 16.8. The number of hydrogen-bond donors (Lipinski definition) is 1. The molecule has 1 N–H and O–H groups in total. The highest BCUT2D eigenvalue weighted by Gasteiger charge is 2.30. The summed E-state index contributed by atoms with van der Waals surface area (Å²) in [6.45, 7) is 15.0. The van der Waals surface area contributed by atoms with E-state index in [9.17, 15) is 8.42 Å². The van der Waals surface area contributed by atoms with E-state index in [-0.39, 0.29) is 29.7 Å². The van der Waals surface area contributed by atoms with E-state index in [0.29, 0.717) is 6.54 Å². The predicted octanol–water partition coefficient (Wildman–Crippen LogP) is 3.54. The number of nitrogens with one attached hydrogen (secondary N) is 1. The molecule has 1 aliphatic heterocycles. The van der Waals surface area contributed by atoms with Gasteiger partial charge in [0.1, 0.15) is 0 Å². The summed E-state index contributed by atoms with van der Waals surface area (Å²) in [6, 6.07) is 0. The van der Waals surface area contributed by atoms with Gasteiger partial charge in [0, 0.05) is 19.6 Å². The molecule has 0 aromatic carbocycles. The van der Waals surface area contributed by atoms with Crippen molar-refractivity contribution >= 4 is 39.8 Å². The van der Waals surface area contributed by atoms with Gasteiger partial charge >= 0.3 is 0 Å². The van der Waals surface area contributed by atoms with E-state index in [1.165, 1.54) is 19.3 Å². The third kappa shape index (κ3) is 7.23. The second-order valence-electron chi connectivity index (χ2n) is 7.74. The molecule has 0 aliphatic carbocycles. The Hall–Kier alpha value is -0.0500. The highest BCUT2D eigenvalue weighted by atomic mass is 127. The first-order chi connectivity index (χ1) is 11.2. The summed E-state index contributed by atoms with van der Waals surface area (Å²) in [5.74, 6) is 2.48. The van der Waals surface area contributed by atoms with Crippen LogP contribution in [0.25, 0.3) is 0 Å². The molecule has 0 saturated carbocycles. The van der Waals surface area contributed by atoms with Gasteiger partial charge in [-0.1, -0.05) is 26.7 Å². The molecule has 1 atom stereocenters. The van der Waals surface area contributed by atoms with E-state index in [2.05, 4.69) is 36.0 Å². The lowest BCUT2D eigenvalue weighted by Gasteiger charge is -2.24. The Kier molecular flexibility index (Phi) is 10.9. The van der Waals surface area contributed by atoms with Gasteiger partial charge in [0.2, 0.25) is 0 Å². The van der Waals surface area contributed by atoms with Gasteiger partial charge in [-0.15, -0.1) is 24.0 Å². The van der Waals surface area contributed by atoms with Crippen LogP contribution in [-0.2, 0) is 9.84 Å². The molecule has 0 aromatic rings. The maximum Gasteiger partial charge on any atom is 0.193 e. The molecule has 25 heavy (non-hydrogen) atoms. The highest BCUT2D eigenvalue weighted by Crippen LogP contribution is 2.28. The lowest BCUT2D eigenvalue weighted by Crippen LogP contribution is -2.41. The van der Waals surface area contributed by atoms with Crippen LogP contribution in [0.4, 0.5) is 0 Å². The molecular weight excluding hydrogens is 449 g/mol. The molecule has 1 heterocycles. The van der Waals surface area contributed by atoms with E-state index in [1.807, 2.05) is 0 Å². The molecule has 0 spiro atoms. The van der Waals surface area contributed by atoms with Crippen molar-refractivity contribution in [2.24, 2.45) is 16.8 Å². The largest absolute Gasteiger partial charge is 0.357 e. The summed E-state index contributed by atoms with van der Waals surface area (Å²) in [7, 11) is -3.12. The van der Waals surface area contributed by atoms with E-state index >= 15 is 0 Å². The van der Waals surface area contributed by atoms with E-state index in [4.69, 9.17) is 0 Å². The second kappa shape index (κ2) is 10.9. The fourth-order valence-electron chi connectivity index (χ4n) is 3.32. The van der Waals surface area contributed by atoms with E-state index in [1.54, 1.807) is 20.8 Å². The van der Waals surface area contributed by atoms with Crippen molar-refractivity contribution in [2.45, 2.75) is 65.6 Å². The predicted molar refractivity (Wildman–Crippen MR) is 119 cm³/mol. The molecule has 1 saturated heterocycles. The quantitative estimate of drug-likeness (QED) is 0.339. The van der Waals surface area contributed by atoms with E-state index < -0.39 is 14.6 Å². The van der Waals surface area contributed by atoms with Crippen LogP contribution < -0.4 is 5.32 Å². The van der Waals surface area contributed by atoms with Crippen LogP contribution in [0.3, 0.4) is 0 Å². The van der Waals surface area contributed by atoms with Crippen LogP contribution >= 0.6 is 24.0 Å². The molecule has 1 aliphatic rings. The monoisotopic (exact) mass is 487 g/mol. The minimum atomic E-state index is -3.12. The summed E-state index contributed by atoms with van der Waals surface area (Å²) in [4.78, 5) is 6.89. The smallest absolute Gasteiger partial charge is 0.193 e. The number of hydrogen-bond acceptors (Lipinski definition) is 3. The minimum Gasteiger partial charge on any atom is -0.357 e. The maximum atomic E-state index is 12.2. The van der Waals surface area contributed by atoms with Gasteiger partial charge in [-0.3, -0.25) is 4.99 Å². The Bertz CT molecular complexity index is 511. The Morgan fingerprint density at radius 2 is 1.84 bits per heavy atom. The summed E-state index contributed by atoms with van der Waals surface area (Å²) >= 11 is 0. The standard InChI is InChI=1S/C18H37N3O2S.HI/c1-7-15(8-2)16-10-12-21(14-16)17(19-9-3)20-11-13-24(22,23)18(4,5)6;/h15-16H,7-14H2,1-6H3,(H,19,20);1H. The van der Waals surface area contributed by atoms with Crippen LogP contribution in [0.15, 0.2) is 4.99 Å². The number of aliphatic imine (C=N–C) groups is 1. The molecule has 7 heteroatoms. The maximum absolute atomic E-state index is 12.2. The summed E-state index contributed by atoms with van der Waals surface area (Å²) in [5.41, 5.74) is 0. The minimum absolute atomic E-state index is 0. The van der Waals surface area contributed by atoms with Crippen molar-refractivity contribution < 1.29 is 8.42 Å². The summed E-state index contributed by atoms with van der Waals surface area (Å²) in [6.07, 6.45) is 3.66. The van der Waals surface area contributed by atoms with Crippen LogP contribution in [0.1, 0.15) is 60.8 Å². The highest BCUT2D eigenvalue weighted by molar-refractivity contribution is 14.0. The van der Waals surface area contributed by atoms with Crippen molar-refractivity contribution in [2.75, 3.05) is 31.9 Å². The van der Waals surface area contributed by atoms with Gasteiger partial charge in [-0.25, -0.2) is 8.42 Å². The lowest BCUT2D eigenvalue weighted by molar-refractivity contribution is 0.319. The van der Waals surface area contributed by atoms with Crippen LogP contribution in [-0.4, -0.2) is 56.0 Å². The zero-order chi connectivity index (χ0) is 18.4. The third-order valence-corrected chi connectivity index (χ3v) is 7.72. The van der Waals surface area contributed by atoms with Crippen molar-refractivity contribution in [3.8, 4) is 0 Å². The van der Waals surface area contributed by atoms with Crippen molar-refractivity contribution in [3.63, 3.8) is 0 Å². The number of guanidine groups is 1. The van der Waals surface area contributed by atoms with Crippen molar-refractivity contribution in [1.82, 2.24) is 10.2 Å². The molecule has 150 valence electrons. The summed E-state index contributed by atoms with van der Waals surface area (Å²) in [5, 5.41) is 3.33. The SMILES string of the molecule is CCNC(=NCCS(=O)(=O)C(C)(C)C)N1CCC(C(CC)CC)C1.I. The molecule has 1 rings (SSSR count). The van der Waals surface area contributed by atoms with Gasteiger partial charge in [0.15, 0.2) is 15.8 Å². The zero-order valence-corrected chi connectivity index (χ0v) is 20.0. The number of sulfone groups is 1. The lowest BCUT2D eigenvalue weighted by atomic mass is 9.87. The molecule has 1 fully saturated rings. The number of rotatable bonds is 7. The third-order valence-electron chi connectivity index (χ3n) is 5.13. The Morgan fingerprint density at radius 1 is 1.24 bits per heavy atom. The molecule has 0 radical (unpaired) electrons. The van der Waals surface area contributed by atoms with Gasteiger partial charge in [0.05, 0.1) is 17.0 Å². The fraction of sp³-hybridized carbons (Fsp3) is 0.944. The van der Waals surface area contributed by atoms with Gasteiger partial charge in [0.25, 0.3) is 0 Å². The van der Waals surface area contributed by atoms with Crippen LogP contribution in [0.5, 0.6) is 0 Å². The molecule has 5 nitrogen and oxygen atoms in total. The molecule has 0 aromatic heterocycles. The number of nitrogens with zero attached hydrogens (tertiary/aromatic N) is 2. The molecule has 1 unspecified atom stereocenters. The van der Waals surface area contributed by atoms with E-state index in [0.717, 1.165) is 37.4 Å². The van der Waals surface area contributed by atoms with Crippen molar-refractivity contribution in [3.05, 3.63) is 0 Å². The number of likely N-dealkylation sites (tertiary alicyclic amines) is 1. The van der Waals surface area contributed by atoms with Gasteiger partial charge in [-0.05, 0) is 46.0 Å². The Balaban J connectivity index is 0.00000576.